The summed E-state index contributed by atoms with van der Waals surface area (Å²) in [7, 11) is 1.57. The predicted octanol–water partition coefficient (Wildman–Crippen LogP) is 10.5. The van der Waals surface area contributed by atoms with Crippen LogP contribution in [0, 0.1) is 11.8 Å². The summed E-state index contributed by atoms with van der Waals surface area (Å²) < 4.78 is 27.0. The molecule has 6 aromatic rings. The van der Waals surface area contributed by atoms with Crippen molar-refractivity contribution in [2.75, 3.05) is 44.9 Å². The molecule has 10 nitrogen and oxygen atoms in total. The van der Waals surface area contributed by atoms with Gasteiger partial charge in [0.1, 0.15) is 29.0 Å². The Balaban J connectivity index is 1.11. The second kappa shape index (κ2) is 20.3. The molecule has 1 saturated heterocycles. The zero-order chi connectivity index (χ0) is 47.3. The van der Waals surface area contributed by atoms with Gasteiger partial charge in [-0.3, -0.25) is 4.79 Å². The number of piperazine rings is 1. The number of aromatic nitrogens is 1. The number of H-pyrrole nitrogens is 1. The molecule has 5 aromatic carbocycles. The molecule has 10 rings (SSSR count). The standard InChI is InChI=1S/C59H61N3O7/c1-59(28-9-10-29-59)51-36-48-43-17-11-16-41(34-43)35-44(19-22-45-38-62(31-30-60-45)58(48)61-51)52-54-53(49(65)37-50(69-54)42-20-24-46(63)25-21-42)56(68-33-27-47(64)23-18-39-12-5-3-6-13-39)57(66-2)55(52)67-32-26-40-14-7-4-8-15-40/h3-8,11-18,20-21,23-25,34,36,44-45,47,50,60-61,63-64H,9-10,26-33,35,37-38H2,1-2H3. The van der Waals surface area contributed by atoms with E-state index in [4.69, 9.17) is 18.9 Å². The van der Waals surface area contributed by atoms with Gasteiger partial charge in [0.15, 0.2) is 17.3 Å². The fraction of sp³-hybridized carbons (Fsp3) is 0.339. The molecule has 4 heterocycles. The van der Waals surface area contributed by atoms with Crippen molar-refractivity contribution in [3.05, 3.63) is 160 Å². The first kappa shape index (κ1) is 45.8. The number of carbonyl (C=O) groups is 1. The maximum Gasteiger partial charge on any atom is 0.204 e. The Hall–Kier alpha value is -6.93. The molecule has 0 spiro atoms. The Morgan fingerprint density at radius 1 is 0.884 bits per heavy atom. The first-order valence-electron chi connectivity index (χ1n) is 24.5. The molecule has 3 aliphatic heterocycles. The average Bonchev–Trinajstić information content (AvgIpc) is 4.04. The quantitative estimate of drug-likeness (QED) is 0.0790. The topological polar surface area (TPSA) is 126 Å². The summed E-state index contributed by atoms with van der Waals surface area (Å²) in [5.41, 5.74) is 8.51. The Morgan fingerprint density at radius 3 is 2.43 bits per heavy atom. The summed E-state index contributed by atoms with van der Waals surface area (Å²) in [6, 6.07) is 37.8. The van der Waals surface area contributed by atoms with E-state index in [9.17, 15) is 15.0 Å². The summed E-state index contributed by atoms with van der Waals surface area (Å²) in [5, 5.41) is 25.0. The second-order valence-corrected chi connectivity index (χ2v) is 19.1. The van der Waals surface area contributed by atoms with E-state index in [2.05, 4.69) is 76.4 Å². The van der Waals surface area contributed by atoms with Gasteiger partial charge in [-0.25, -0.2) is 0 Å². The van der Waals surface area contributed by atoms with Crippen LogP contribution in [0.25, 0.3) is 17.2 Å². The minimum absolute atomic E-state index is 0.0215. The number of ketones is 1. The van der Waals surface area contributed by atoms with E-state index in [0.29, 0.717) is 36.4 Å². The number of nitrogens with zero attached hydrogens (tertiary/aromatic N) is 1. The largest absolute Gasteiger partial charge is 0.508 e. The number of rotatable bonds is 14. The number of ether oxygens (including phenoxy) is 4. The van der Waals surface area contributed by atoms with E-state index in [0.717, 1.165) is 46.7 Å². The van der Waals surface area contributed by atoms with Gasteiger partial charge in [-0.1, -0.05) is 141 Å². The number of benzene rings is 5. The van der Waals surface area contributed by atoms with Gasteiger partial charge in [0.05, 0.1) is 50.4 Å². The normalized spacial score (nSPS) is 19.8. The Morgan fingerprint density at radius 2 is 1.65 bits per heavy atom. The monoisotopic (exact) mass is 923 g/mol. The van der Waals surface area contributed by atoms with Crippen molar-refractivity contribution in [1.82, 2.24) is 10.3 Å². The predicted molar refractivity (Wildman–Crippen MR) is 271 cm³/mol. The molecule has 10 heteroatoms. The highest BCUT2D eigenvalue weighted by Gasteiger charge is 2.41. The molecule has 4 N–H and O–H groups in total. The molecule has 1 aromatic heterocycles. The molecule has 69 heavy (non-hydrogen) atoms. The summed E-state index contributed by atoms with van der Waals surface area (Å²) in [6.07, 6.45) is 8.31. The van der Waals surface area contributed by atoms with Gasteiger partial charge in [-0.05, 0) is 65.3 Å². The zero-order valence-corrected chi connectivity index (χ0v) is 39.5. The van der Waals surface area contributed by atoms with Crippen LogP contribution < -0.4 is 29.2 Å². The van der Waals surface area contributed by atoms with Crippen molar-refractivity contribution >= 4 is 17.7 Å². The highest BCUT2D eigenvalue weighted by atomic mass is 16.5. The first-order chi connectivity index (χ1) is 33.7. The highest BCUT2D eigenvalue weighted by Crippen LogP contribution is 2.56. The number of phenols is 1. The summed E-state index contributed by atoms with van der Waals surface area (Å²) in [6.45, 7) is 5.05. The molecule has 4 aliphatic rings. The molecule has 2 fully saturated rings. The lowest BCUT2D eigenvalue weighted by atomic mass is 9.84. The summed E-state index contributed by atoms with van der Waals surface area (Å²) in [5.74, 6) is 9.18. The second-order valence-electron chi connectivity index (χ2n) is 19.1. The Bertz CT molecular complexity index is 2860. The number of Topliss-reactive ketones (excluding diaryl/α,β-unsaturated/α-hetero) is 1. The van der Waals surface area contributed by atoms with E-state index >= 15 is 0 Å². The molecule has 1 saturated carbocycles. The molecule has 0 radical (unpaired) electrons. The van der Waals surface area contributed by atoms with Crippen LogP contribution >= 0.6 is 0 Å². The third-order valence-corrected chi connectivity index (χ3v) is 14.3. The Kier molecular flexibility index (Phi) is 13.5. The van der Waals surface area contributed by atoms with Gasteiger partial charge in [0, 0.05) is 49.1 Å². The number of phenolic OH excluding ortho intramolecular Hbond substituents is 1. The first-order valence-corrected chi connectivity index (χ1v) is 24.5. The molecule has 354 valence electrons. The lowest BCUT2D eigenvalue weighted by molar-refractivity contribution is 0.0835. The molecule has 4 atom stereocenters. The summed E-state index contributed by atoms with van der Waals surface area (Å²) >= 11 is 0. The van der Waals surface area contributed by atoms with Crippen LogP contribution in [-0.2, 0) is 18.3 Å². The van der Waals surface area contributed by atoms with E-state index in [-0.39, 0.29) is 66.1 Å². The molecule has 1 aliphatic carbocycles. The van der Waals surface area contributed by atoms with E-state index in [1.165, 1.54) is 36.9 Å². The van der Waals surface area contributed by atoms with Crippen molar-refractivity contribution in [1.29, 1.82) is 0 Å². The fourth-order valence-electron chi connectivity index (χ4n) is 10.5. The maximum absolute atomic E-state index is 14.9. The van der Waals surface area contributed by atoms with Gasteiger partial charge in [-0.15, -0.1) is 0 Å². The lowest BCUT2D eigenvalue weighted by Gasteiger charge is -2.34. The highest BCUT2D eigenvalue weighted by molar-refractivity contribution is 6.05. The van der Waals surface area contributed by atoms with Crippen molar-refractivity contribution in [2.45, 2.75) is 87.9 Å². The smallest absolute Gasteiger partial charge is 0.204 e. The third kappa shape index (κ3) is 9.99. The van der Waals surface area contributed by atoms with Crippen molar-refractivity contribution in [3.63, 3.8) is 0 Å². The van der Waals surface area contributed by atoms with Gasteiger partial charge in [0.2, 0.25) is 5.75 Å². The van der Waals surface area contributed by atoms with Gasteiger partial charge < -0.3 is 44.4 Å². The lowest BCUT2D eigenvalue weighted by Crippen LogP contribution is -2.50. The molecular formula is C59H61N3O7. The number of hydrogen-bond acceptors (Lipinski definition) is 9. The minimum atomic E-state index is -0.815. The molecule has 0 amide bonds. The number of aliphatic hydroxyl groups is 1. The van der Waals surface area contributed by atoms with Crippen LogP contribution in [0.4, 0.5) is 5.82 Å². The number of aromatic amines is 1. The van der Waals surface area contributed by atoms with Crippen LogP contribution in [0.2, 0.25) is 0 Å². The number of methoxy groups -OCH3 is 1. The SMILES string of the molecule is COc1c(OCCC(O)C=Cc2ccccc2)c2c(c(C3C#CC4CN(CCN4)c4[nH]c(C5(C)CCCC5)cc4-c4cccc(c4)C3)c1OCCc1ccccc1)OC(c1ccc(O)cc1)CC2=O. The van der Waals surface area contributed by atoms with Crippen molar-refractivity contribution in [3.8, 4) is 51.7 Å². The van der Waals surface area contributed by atoms with Crippen molar-refractivity contribution < 1.29 is 34.0 Å². The number of nitrogens with one attached hydrogen (secondary N) is 2. The van der Waals surface area contributed by atoms with E-state index < -0.39 is 18.1 Å². The molecule has 4 unspecified atom stereocenters. The van der Waals surface area contributed by atoms with Crippen molar-refractivity contribution in [2.24, 2.45) is 0 Å². The number of carbonyl (C=O) groups excluding carboxylic acids is 1. The zero-order valence-electron chi connectivity index (χ0n) is 39.5. The number of aliphatic hydroxyl groups excluding tert-OH is 1. The third-order valence-electron chi connectivity index (χ3n) is 14.3. The van der Waals surface area contributed by atoms with E-state index in [1.807, 2.05) is 54.6 Å². The average molecular weight is 924 g/mol. The minimum Gasteiger partial charge on any atom is -0.508 e. The maximum atomic E-state index is 14.9. The summed E-state index contributed by atoms with van der Waals surface area (Å²) in [4.78, 5) is 21.3. The Labute approximate surface area is 405 Å². The molecular weight excluding hydrogens is 863 g/mol. The van der Waals surface area contributed by atoms with E-state index in [1.54, 1.807) is 37.5 Å². The van der Waals surface area contributed by atoms with Crippen LogP contribution in [0.1, 0.15) is 101 Å². The number of fused-ring (bicyclic) bond motifs is 8. The van der Waals surface area contributed by atoms with Gasteiger partial charge >= 0.3 is 0 Å². The van der Waals surface area contributed by atoms with Gasteiger partial charge in [-0.2, -0.15) is 0 Å². The van der Waals surface area contributed by atoms with Gasteiger partial charge in [0.25, 0.3) is 0 Å². The van der Waals surface area contributed by atoms with Crippen LogP contribution in [0.15, 0.2) is 121 Å². The number of aromatic hydroxyl groups is 1. The fourth-order valence-corrected chi connectivity index (χ4v) is 10.5. The molecule has 4 bridgehead atoms. The van der Waals surface area contributed by atoms with Crippen LogP contribution in [0.3, 0.4) is 0 Å². The number of hydrogen-bond donors (Lipinski definition) is 4. The van der Waals surface area contributed by atoms with Crippen LogP contribution in [0.5, 0.6) is 28.7 Å². The number of anilines is 1. The van der Waals surface area contributed by atoms with Crippen LogP contribution in [-0.4, -0.2) is 73.1 Å².